The van der Waals surface area contributed by atoms with Gasteiger partial charge in [-0.1, -0.05) is 25.4 Å². The number of halogens is 1. The molecule has 0 spiro atoms. The van der Waals surface area contributed by atoms with Crippen molar-refractivity contribution in [1.82, 2.24) is 15.0 Å². The Kier molecular flexibility index (Phi) is 2.79. The number of aromatic amines is 1. The van der Waals surface area contributed by atoms with Crippen molar-refractivity contribution >= 4 is 28.5 Å². The van der Waals surface area contributed by atoms with Crippen molar-refractivity contribution in [2.75, 3.05) is 0 Å². The van der Waals surface area contributed by atoms with Crippen LogP contribution in [0.25, 0.3) is 11.0 Å². The molecular formula is C11H13ClN4O. The van der Waals surface area contributed by atoms with Crippen molar-refractivity contribution in [3.05, 3.63) is 23.2 Å². The number of carbonyl (C=O) groups excluding carboxylic acids is 1. The third-order valence-corrected chi connectivity index (χ3v) is 2.97. The Hall–Kier alpha value is -1.62. The Morgan fingerprint density at radius 1 is 1.53 bits per heavy atom. The number of fused-ring (bicyclic) bond motifs is 1. The molecule has 1 amide bonds. The lowest BCUT2D eigenvalue weighted by atomic mass is 9.88. The number of H-pyrrole nitrogens is 1. The van der Waals surface area contributed by atoms with Crippen LogP contribution in [0.3, 0.4) is 0 Å². The molecule has 0 unspecified atom stereocenters. The summed E-state index contributed by atoms with van der Waals surface area (Å²) in [4.78, 5) is 22.7. The number of hydrogen-bond donors (Lipinski definition) is 2. The summed E-state index contributed by atoms with van der Waals surface area (Å²) in [5, 5.41) is 1.15. The molecule has 2 rings (SSSR count). The van der Waals surface area contributed by atoms with Crippen LogP contribution >= 0.6 is 11.6 Å². The molecule has 0 aliphatic heterocycles. The summed E-state index contributed by atoms with van der Waals surface area (Å²) in [5.74, 6) is 0.123. The molecule has 2 aromatic heterocycles. The van der Waals surface area contributed by atoms with Crippen LogP contribution < -0.4 is 5.73 Å². The number of rotatable bonds is 3. The predicted molar refractivity (Wildman–Crippen MR) is 65.6 cm³/mol. The zero-order valence-corrected chi connectivity index (χ0v) is 10.4. The molecule has 0 aromatic carbocycles. The molecule has 0 fully saturated rings. The lowest BCUT2D eigenvalue weighted by Crippen LogP contribution is -2.34. The van der Waals surface area contributed by atoms with E-state index in [4.69, 9.17) is 17.3 Å². The summed E-state index contributed by atoms with van der Waals surface area (Å²) in [7, 11) is 0. The van der Waals surface area contributed by atoms with Gasteiger partial charge in [0.2, 0.25) is 5.91 Å². The fourth-order valence-corrected chi connectivity index (χ4v) is 1.76. The van der Waals surface area contributed by atoms with Gasteiger partial charge < -0.3 is 10.7 Å². The predicted octanol–water partition coefficient (Wildman–Crippen LogP) is 1.67. The van der Waals surface area contributed by atoms with E-state index in [9.17, 15) is 4.79 Å². The molecule has 17 heavy (non-hydrogen) atoms. The summed E-state index contributed by atoms with van der Waals surface area (Å²) in [6, 6.07) is 1.81. The van der Waals surface area contributed by atoms with Gasteiger partial charge in [-0.25, -0.2) is 9.97 Å². The minimum Gasteiger partial charge on any atom is -0.369 e. The Labute approximate surface area is 103 Å². The minimum atomic E-state index is -0.691. The maximum absolute atomic E-state index is 11.2. The number of amides is 1. The van der Waals surface area contributed by atoms with Gasteiger partial charge >= 0.3 is 0 Å². The van der Waals surface area contributed by atoms with Crippen LogP contribution in [0.2, 0.25) is 5.15 Å². The Morgan fingerprint density at radius 2 is 2.24 bits per heavy atom. The van der Waals surface area contributed by atoms with Gasteiger partial charge in [0.05, 0.1) is 10.8 Å². The van der Waals surface area contributed by atoms with E-state index in [0.717, 1.165) is 5.39 Å². The van der Waals surface area contributed by atoms with E-state index in [1.54, 1.807) is 26.1 Å². The highest BCUT2D eigenvalue weighted by atomic mass is 35.5. The number of primary amides is 1. The molecule has 0 aliphatic rings. The summed E-state index contributed by atoms with van der Waals surface area (Å²) in [6.07, 6.45) is 2.10. The third kappa shape index (κ3) is 2.24. The number of nitrogens with zero attached hydrogens (tertiary/aromatic N) is 2. The smallest absolute Gasteiger partial charge is 0.223 e. The average Bonchev–Trinajstić information content (AvgIpc) is 2.64. The number of nitrogens with one attached hydrogen (secondary N) is 1. The molecule has 2 heterocycles. The number of nitrogens with two attached hydrogens (primary N) is 1. The second kappa shape index (κ2) is 4.00. The van der Waals surface area contributed by atoms with Crippen molar-refractivity contribution in [3.63, 3.8) is 0 Å². The lowest BCUT2D eigenvalue weighted by molar-refractivity contribution is -0.126. The van der Waals surface area contributed by atoms with E-state index in [1.807, 2.05) is 0 Å². The molecular weight excluding hydrogens is 240 g/mol. The largest absolute Gasteiger partial charge is 0.369 e. The van der Waals surface area contributed by atoms with Gasteiger partial charge in [0.15, 0.2) is 0 Å². The zero-order valence-electron chi connectivity index (χ0n) is 9.62. The maximum Gasteiger partial charge on any atom is 0.223 e. The molecule has 0 saturated heterocycles. The molecule has 0 saturated carbocycles. The summed E-state index contributed by atoms with van der Waals surface area (Å²) < 4.78 is 0. The number of aromatic nitrogens is 3. The highest BCUT2D eigenvalue weighted by Crippen LogP contribution is 2.23. The van der Waals surface area contributed by atoms with Crippen molar-refractivity contribution in [2.45, 2.75) is 20.3 Å². The monoisotopic (exact) mass is 252 g/mol. The van der Waals surface area contributed by atoms with Crippen molar-refractivity contribution < 1.29 is 4.79 Å². The van der Waals surface area contributed by atoms with E-state index in [0.29, 0.717) is 23.0 Å². The van der Waals surface area contributed by atoms with Crippen LogP contribution in [0.5, 0.6) is 0 Å². The first-order valence-corrected chi connectivity index (χ1v) is 5.57. The van der Waals surface area contributed by atoms with Crippen LogP contribution in [-0.2, 0) is 11.2 Å². The molecule has 6 heteroatoms. The van der Waals surface area contributed by atoms with E-state index in [1.165, 1.54) is 0 Å². The zero-order chi connectivity index (χ0) is 12.6. The highest BCUT2D eigenvalue weighted by Gasteiger charge is 2.27. The second-order valence-corrected chi connectivity index (χ2v) is 4.95. The Balaban J connectivity index is 2.40. The Bertz CT molecular complexity index is 576. The van der Waals surface area contributed by atoms with Crippen LogP contribution in [-0.4, -0.2) is 20.9 Å². The second-order valence-electron chi connectivity index (χ2n) is 4.60. The Morgan fingerprint density at radius 3 is 2.88 bits per heavy atom. The van der Waals surface area contributed by atoms with Crippen LogP contribution in [0.4, 0.5) is 0 Å². The topological polar surface area (TPSA) is 84.7 Å². The van der Waals surface area contributed by atoms with E-state index in [2.05, 4.69) is 15.0 Å². The summed E-state index contributed by atoms with van der Waals surface area (Å²) >= 11 is 6.02. The maximum atomic E-state index is 11.2. The van der Waals surface area contributed by atoms with Crippen molar-refractivity contribution in [2.24, 2.45) is 11.1 Å². The highest BCUT2D eigenvalue weighted by molar-refractivity contribution is 6.33. The van der Waals surface area contributed by atoms with E-state index < -0.39 is 5.41 Å². The molecule has 5 nitrogen and oxygen atoms in total. The van der Waals surface area contributed by atoms with Gasteiger partial charge in [0.1, 0.15) is 16.6 Å². The fraction of sp³-hybridized carbons (Fsp3) is 0.364. The molecule has 2 aromatic rings. The average molecular weight is 253 g/mol. The van der Waals surface area contributed by atoms with Crippen LogP contribution in [0.1, 0.15) is 19.7 Å². The standard InChI is InChI=1S/C11H13ClN4O/c1-11(2,10(13)17)5-7-15-8(12)6-3-4-14-9(6)16-7/h3-4H,5H2,1-2H3,(H2,13,17)(H,14,15,16). The minimum absolute atomic E-state index is 0.358. The molecule has 3 N–H and O–H groups in total. The van der Waals surface area contributed by atoms with E-state index >= 15 is 0 Å². The SMILES string of the molecule is CC(C)(Cc1nc(Cl)c2cc[nH]c2n1)C(N)=O. The van der Waals surface area contributed by atoms with Gasteiger partial charge in [0, 0.05) is 12.6 Å². The molecule has 90 valence electrons. The van der Waals surface area contributed by atoms with Gasteiger partial charge in [-0.3, -0.25) is 4.79 Å². The van der Waals surface area contributed by atoms with Crippen LogP contribution in [0, 0.1) is 5.41 Å². The van der Waals surface area contributed by atoms with Crippen molar-refractivity contribution in [3.8, 4) is 0 Å². The third-order valence-electron chi connectivity index (χ3n) is 2.68. The van der Waals surface area contributed by atoms with Gasteiger partial charge in [-0.2, -0.15) is 0 Å². The molecule has 0 bridgehead atoms. The molecule has 0 radical (unpaired) electrons. The van der Waals surface area contributed by atoms with E-state index in [-0.39, 0.29) is 5.91 Å². The summed E-state index contributed by atoms with van der Waals surface area (Å²) in [6.45, 7) is 3.51. The van der Waals surface area contributed by atoms with Gasteiger partial charge in [0.25, 0.3) is 0 Å². The first-order chi connectivity index (χ1) is 7.90. The quantitative estimate of drug-likeness (QED) is 0.815. The normalized spacial score (nSPS) is 11.9. The van der Waals surface area contributed by atoms with Crippen LogP contribution in [0.15, 0.2) is 12.3 Å². The molecule has 0 aliphatic carbocycles. The summed E-state index contributed by atoms with van der Waals surface area (Å²) in [5.41, 5.74) is 5.29. The number of carbonyl (C=O) groups is 1. The number of hydrogen-bond acceptors (Lipinski definition) is 3. The first-order valence-electron chi connectivity index (χ1n) is 5.19. The van der Waals surface area contributed by atoms with Gasteiger partial charge in [-0.05, 0) is 6.07 Å². The lowest BCUT2D eigenvalue weighted by Gasteiger charge is -2.18. The fourth-order valence-electron chi connectivity index (χ4n) is 1.51. The first kappa shape index (κ1) is 11.9. The van der Waals surface area contributed by atoms with Crippen molar-refractivity contribution in [1.29, 1.82) is 0 Å². The van der Waals surface area contributed by atoms with Gasteiger partial charge in [-0.15, -0.1) is 0 Å². The molecule has 0 atom stereocenters.